The van der Waals surface area contributed by atoms with Gasteiger partial charge in [0.2, 0.25) is 0 Å². The van der Waals surface area contributed by atoms with Crippen LogP contribution in [-0.2, 0) is 10.2 Å². The van der Waals surface area contributed by atoms with Gasteiger partial charge in [0.25, 0.3) is 0 Å². The average molecular weight is 1730 g/mol. The minimum atomic E-state index is 0.293. The second-order valence-corrected chi connectivity index (χ2v) is 37.4. The highest BCUT2D eigenvalue weighted by Crippen LogP contribution is 2.21. The Hall–Kier alpha value is -2.50. The maximum absolute atomic E-state index is 5.07. The van der Waals surface area contributed by atoms with Crippen LogP contribution in [0.1, 0.15) is 564 Å². The number of hydrogen-bond acceptors (Lipinski definition) is 4. The van der Waals surface area contributed by atoms with E-state index in [0.29, 0.717) is 43.3 Å². The average Bonchev–Trinajstić information content (AvgIpc) is 1.06. The number of thiophene rings is 1. The zero-order valence-corrected chi connectivity index (χ0v) is 98.6. The van der Waals surface area contributed by atoms with E-state index in [9.17, 15) is 0 Å². The van der Waals surface area contributed by atoms with Crippen molar-refractivity contribution in [2.24, 2.45) is 37.9 Å². The monoisotopic (exact) mass is 1730 g/mol. The minimum Gasteiger partial charge on any atom is -0.381 e. The molecule has 0 amide bonds. The van der Waals surface area contributed by atoms with Crippen molar-refractivity contribution >= 4 is 22.1 Å². The zero-order valence-electron chi connectivity index (χ0n) is 97.8. The Balaban J connectivity index is -0.0000000421. The molecule has 2 aliphatic carbocycles. The number of hydrogen-bond donors (Lipinski definition) is 2. The molecule has 0 spiro atoms. The quantitative estimate of drug-likeness (QED) is 0.184. The highest BCUT2D eigenvalue weighted by molar-refractivity contribution is 7.07. The molecule has 0 atom stereocenters. The largest absolute Gasteiger partial charge is 0.381 e. The van der Waals surface area contributed by atoms with Gasteiger partial charge in [-0.3, -0.25) is 0 Å². The van der Waals surface area contributed by atoms with Crippen molar-refractivity contribution in [3.8, 4) is 0 Å². The van der Waals surface area contributed by atoms with Gasteiger partial charge in [0.05, 0.1) is 0 Å². The van der Waals surface area contributed by atoms with E-state index >= 15 is 0 Å². The first kappa shape index (κ1) is 175. The molecule has 4 heteroatoms. The Morgan fingerprint density at radius 1 is 0.192 bits per heavy atom. The van der Waals surface area contributed by atoms with Gasteiger partial charge in [-0.05, 0) is 142 Å². The molecule has 2 saturated carbocycles. The normalized spacial score (nSPS) is 12.0. The van der Waals surface area contributed by atoms with Crippen LogP contribution in [0, 0.1) is 37.9 Å². The zero-order chi connectivity index (χ0) is 101. The van der Waals surface area contributed by atoms with Crippen molar-refractivity contribution in [2.45, 2.75) is 564 Å². The van der Waals surface area contributed by atoms with Crippen LogP contribution in [0.3, 0.4) is 0 Å². The number of fused-ring (bicyclic) bond motifs is 1. The molecule has 5 aliphatic rings. The highest BCUT2D eigenvalue weighted by atomic mass is 32.1. The molecule has 4 aromatic rings. The first-order chi connectivity index (χ1) is 56.1. The molecule has 1 aromatic heterocycles. The molecule has 0 radical (unpaired) electrons. The summed E-state index contributed by atoms with van der Waals surface area (Å²) in [7, 11) is 0. The van der Waals surface area contributed by atoms with Crippen molar-refractivity contribution in [2.75, 3.05) is 39.4 Å². The third-order valence-corrected chi connectivity index (χ3v) is 10.3. The van der Waals surface area contributed by atoms with Crippen LogP contribution in [-0.4, -0.2) is 39.4 Å². The van der Waals surface area contributed by atoms with Gasteiger partial charge < -0.3 is 15.4 Å². The maximum atomic E-state index is 5.07. The van der Waals surface area contributed by atoms with Crippen LogP contribution in [0.25, 0.3) is 10.8 Å². The second kappa shape index (κ2) is 154. The Morgan fingerprint density at radius 3 is 0.425 bits per heavy atom. The van der Waals surface area contributed by atoms with E-state index in [1.807, 2.05) is 244 Å². The number of ether oxygens (including phenoxy) is 1. The Bertz CT molecular complexity index is 1580. The van der Waals surface area contributed by atoms with Gasteiger partial charge >= 0.3 is 0 Å². The van der Waals surface area contributed by atoms with Crippen LogP contribution in [0.15, 0.2) is 102 Å². The molecule has 3 aliphatic heterocycles. The molecule has 2 N–H and O–H groups in total. The van der Waals surface area contributed by atoms with Crippen molar-refractivity contribution in [1.82, 2.24) is 10.6 Å². The minimum absolute atomic E-state index is 0.293. The smallest absolute Gasteiger partial charge is 0.0466 e. The van der Waals surface area contributed by atoms with Gasteiger partial charge in [-0.15, -0.1) is 0 Å². The third kappa shape index (κ3) is 388. The van der Waals surface area contributed by atoms with Crippen LogP contribution in [0.5, 0.6) is 0 Å². The fourth-order valence-corrected chi connectivity index (χ4v) is 6.81. The van der Waals surface area contributed by atoms with Gasteiger partial charge in [-0.2, -0.15) is 11.3 Å². The summed E-state index contributed by atoms with van der Waals surface area (Å²) in [6.45, 7) is 139. The number of benzene rings is 3. The van der Waals surface area contributed by atoms with Crippen LogP contribution >= 0.6 is 11.3 Å². The molecule has 3 nitrogen and oxygen atoms in total. The van der Waals surface area contributed by atoms with E-state index in [-0.39, 0.29) is 0 Å². The van der Waals surface area contributed by atoms with Crippen molar-refractivity contribution < 1.29 is 4.74 Å². The SMILES string of the molecule is C1CCCC1.C1CCCCC1.C1CCNC1.C1CCNCC1.C1CCOCC1.CC.CC.CC.CC.CC.CC.CC.CC.CC.CC.CC.CC.CC.CC.CC.CC.CC(C)(C)C.CC(C)(C)C.CC(C)(C)C.CC(C)(C)C.CC(C)(C)C.CC(C)(C)C.CC(C)(C)C.CC(C)(C)c1ccccc1.c1ccc2ccccc2c1.c1ccsc1. The van der Waals surface area contributed by atoms with Crippen molar-refractivity contribution in [3.63, 3.8) is 0 Å². The molecule has 4 heterocycles. The lowest BCUT2D eigenvalue weighted by Gasteiger charge is -2.18. The standard InChI is InChI=1S/C10H8.C10H14.C6H12.C5H11N.C5H10O.C5H10.7C5H12.C4H9N.C4H4S.16C2H6/c1-2-6-10-8-4-3-7-9(10)5-1;1-10(2,3)9-7-5-4-6-8-9;3*1-2-4-6-5-3-1;1-2-4-5-3-1;7*1-5(2,3)4;2*1-2-4-5-3-1;16*1-2/h1-8H;4-8H,1-3H3;1-6H2;6H,1-5H2;1-5H2;1-5H2;7*1-4H3;5H,1-4H2;1-4H;16*1-2H3. The van der Waals surface area contributed by atoms with E-state index in [1.54, 1.807) is 11.3 Å². The van der Waals surface area contributed by atoms with E-state index < -0.39 is 0 Å². The van der Waals surface area contributed by atoms with Gasteiger partial charge in [0, 0.05) is 13.2 Å². The number of nitrogens with one attached hydrogen (secondary N) is 2. The van der Waals surface area contributed by atoms with E-state index in [0.717, 1.165) is 13.2 Å². The lowest BCUT2D eigenvalue weighted by atomic mass is 9.87. The third-order valence-electron chi connectivity index (χ3n) is 9.72. The summed E-state index contributed by atoms with van der Waals surface area (Å²) in [5.41, 5.74) is 5.19. The van der Waals surface area contributed by atoms with Gasteiger partial charge in [-0.25, -0.2) is 0 Å². The van der Waals surface area contributed by atoms with Crippen molar-refractivity contribution in [1.29, 1.82) is 0 Å². The molecule has 0 bridgehead atoms. The van der Waals surface area contributed by atoms with Crippen LogP contribution in [0.2, 0.25) is 0 Å². The Morgan fingerprint density at radius 2 is 0.333 bits per heavy atom. The van der Waals surface area contributed by atoms with Gasteiger partial charge in [0.15, 0.2) is 0 Å². The molecule has 744 valence electrons. The predicted molar refractivity (Wildman–Crippen MR) is 595 cm³/mol. The first-order valence-electron chi connectivity index (χ1n) is 51.5. The predicted octanol–water partition coefficient (Wildman–Crippen LogP) is 45.0. The van der Waals surface area contributed by atoms with Gasteiger partial charge in [-0.1, -0.05) is 604 Å². The summed E-state index contributed by atoms with van der Waals surface area (Å²) in [6.07, 6.45) is 27.4. The molecule has 3 aromatic carbocycles. The van der Waals surface area contributed by atoms with Crippen LogP contribution in [0.4, 0.5) is 0 Å². The number of piperidine rings is 1. The molecule has 120 heavy (non-hydrogen) atoms. The molecular weight excluding hydrogens is 1470 g/mol. The topological polar surface area (TPSA) is 33.3 Å². The molecule has 3 saturated heterocycles. The summed E-state index contributed by atoms with van der Waals surface area (Å²) in [6, 6.07) is 31.3. The Kier molecular flexibility index (Phi) is 224. The number of rotatable bonds is 0. The fourth-order valence-electron chi connectivity index (χ4n) is 6.36. The summed E-state index contributed by atoms with van der Waals surface area (Å²) >= 11 is 1.71. The lowest BCUT2D eigenvalue weighted by molar-refractivity contribution is 0.0968. The summed E-state index contributed by atoms with van der Waals surface area (Å²) in [4.78, 5) is 0. The van der Waals surface area contributed by atoms with E-state index in [1.165, 1.54) is 165 Å². The highest BCUT2D eigenvalue weighted by Gasteiger charge is 2.11. The van der Waals surface area contributed by atoms with E-state index in [4.69, 9.17) is 4.74 Å². The first-order valence-corrected chi connectivity index (χ1v) is 52.5. The lowest BCUT2D eigenvalue weighted by Crippen LogP contribution is -2.21. The summed E-state index contributed by atoms with van der Waals surface area (Å²) in [5, 5.41) is 13.2. The summed E-state index contributed by atoms with van der Waals surface area (Å²) < 4.78 is 5.07. The fraction of sp³-hybridized carbons (Fsp3) is 0.828. The molecule has 9 rings (SSSR count). The van der Waals surface area contributed by atoms with E-state index in [2.05, 4.69) is 304 Å². The van der Waals surface area contributed by atoms with Crippen molar-refractivity contribution in [3.05, 3.63) is 107 Å². The Labute approximate surface area is 780 Å². The summed E-state index contributed by atoms with van der Waals surface area (Å²) in [5.74, 6) is 0. The van der Waals surface area contributed by atoms with Gasteiger partial charge in [0.1, 0.15) is 0 Å². The second-order valence-electron chi connectivity index (χ2n) is 36.6. The molecule has 0 unspecified atom stereocenters. The maximum Gasteiger partial charge on any atom is 0.0466 e. The molecule has 5 fully saturated rings. The molecular formula is C116H258N2OS. The van der Waals surface area contributed by atoms with Crippen LogP contribution < -0.4 is 10.6 Å².